The first-order chi connectivity index (χ1) is 5.95. The first-order valence-electron chi connectivity index (χ1n) is 3.50. The molecule has 1 aliphatic rings. The highest BCUT2D eigenvalue weighted by Crippen LogP contribution is 2.13. The van der Waals surface area contributed by atoms with Gasteiger partial charge in [0.2, 0.25) is 5.25 Å². The molecule has 0 saturated carbocycles. The van der Waals surface area contributed by atoms with Crippen molar-refractivity contribution >= 4 is 28.2 Å². The summed E-state index contributed by atoms with van der Waals surface area (Å²) in [7, 11) is -4.24. The Morgan fingerprint density at radius 1 is 1.50 bits per heavy atom. The second-order valence-corrected chi connectivity index (χ2v) is 4.24. The van der Waals surface area contributed by atoms with Gasteiger partial charge in [-0.15, -0.1) is 12.4 Å². The van der Waals surface area contributed by atoms with Crippen LogP contribution in [-0.2, 0) is 10.1 Å². The average Bonchev–Trinajstić information content (AvgIpc) is 2.03. The quantitative estimate of drug-likeness (QED) is 0.416. The number of allylic oxidation sites excluding steroid dienone is 3. The Hall–Kier alpha value is -0.940. The molecule has 78 valence electrons. The minimum atomic E-state index is -4.24. The lowest BCUT2D eigenvalue weighted by Crippen LogP contribution is -2.29. The van der Waals surface area contributed by atoms with Crippen molar-refractivity contribution in [2.45, 2.75) is 12.2 Å². The van der Waals surface area contributed by atoms with Gasteiger partial charge in [-0.3, -0.25) is 4.55 Å². The molecule has 0 aliphatic heterocycles. The Labute approximate surface area is 87.9 Å². The van der Waals surface area contributed by atoms with Crippen LogP contribution < -0.4 is 0 Å². The molecule has 0 aromatic heterocycles. The molecule has 1 rings (SSSR count). The van der Waals surface area contributed by atoms with E-state index in [2.05, 4.69) is 4.79 Å². The third-order valence-corrected chi connectivity index (χ3v) is 2.68. The Bertz CT molecular complexity index is 432. The van der Waals surface area contributed by atoms with E-state index in [0.717, 1.165) is 0 Å². The fourth-order valence-corrected chi connectivity index (χ4v) is 1.84. The predicted molar refractivity (Wildman–Crippen MR) is 54.1 cm³/mol. The molecule has 0 spiro atoms. The van der Waals surface area contributed by atoms with Gasteiger partial charge in [-0.2, -0.15) is 13.2 Å². The molecule has 0 amide bonds. The molecule has 0 heterocycles. The summed E-state index contributed by atoms with van der Waals surface area (Å²) < 4.78 is 30.3. The van der Waals surface area contributed by atoms with Gasteiger partial charge in [0.15, 0.2) is 0 Å². The topological polar surface area (TPSA) is 90.8 Å². The maximum Gasteiger partial charge on any atom is 0.316 e. The van der Waals surface area contributed by atoms with Crippen LogP contribution in [0.5, 0.6) is 0 Å². The summed E-state index contributed by atoms with van der Waals surface area (Å²) >= 11 is 0. The number of hydrogen-bond donors (Lipinski definition) is 1. The number of nitrogens with zero attached hydrogens (tertiary/aromatic N) is 2. The van der Waals surface area contributed by atoms with E-state index in [1.807, 2.05) is 0 Å². The van der Waals surface area contributed by atoms with Crippen molar-refractivity contribution < 1.29 is 17.8 Å². The Kier molecular flexibility index (Phi) is 4.22. The van der Waals surface area contributed by atoms with Gasteiger partial charge in [0.25, 0.3) is 10.1 Å². The number of halogens is 1. The van der Waals surface area contributed by atoms with E-state index in [1.54, 1.807) is 13.0 Å². The lowest BCUT2D eigenvalue weighted by Gasteiger charge is -2.07. The molecule has 1 atom stereocenters. The fraction of sp³-hybridized carbons (Fsp3) is 0.286. The van der Waals surface area contributed by atoms with Crippen LogP contribution >= 0.6 is 12.4 Å². The molecule has 0 radical (unpaired) electrons. The molecule has 1 N–H and O–H groups in total. The number of hydrogen-bond acceptors (Lipinski definition) is 2. The van der Waals surface area contributed by atoms with E-state index in [4.69, 9.17) is 10.1 Å². The van der Waals surface area contributed by atoms with Crippen LogP contribution in [0.25, 0.3) is 5.53 Å². The largest absolute Gasteiger partial charge is 0.361 e. The average molecular weight is 237 g/mol. The zero-order chi connectivity index (χ0) is 10.1. The molecule has 5 nitrogen and oxygen atoms in total. The smallest absolute Gasteiger partial charge is 0.316 e. The molecule has 0 aromatic rings. The Balaban J connectivity index is 0.00000169. The van der Waals surface area contributed by atoms with Gasteiger partial charge in [0.05, 0.1) is 0 Å². The van der Waals surface area contributed by atoms with Crippen LogP contribution in [0.2, 0.25) is 0 Å². The molecule has 0 fully saturated rings. The van der Waals surface area contributed by atoms with Crippen molar-refractivity contribution in [3.63, 3.8) is 0 Å². The summed E-state index contributed by atoms with van der Waals surface area (Å²) in [4.78, 5) is 2.78. The van der Waals surface area contributed by atoms with Crippen LogP contribution in [0.1, 0.15) is 6.92 Å². The van der Waals surface area contributed by atoms with Crippen LogP contribution in [0.3, 0.4) is 0 Å². The summed E-state index contributed by atoms with van der Waals surface area (Å²) in [6, 6.07) is 0. The van der Waals surface area contributed by atoms with Crippen LogP contribution in [0.4, 0.5) is 0 Å². The van der Waals surface area contributed by atoms with Crippen LogP contribution in [0, 0.1) is 0 Å². The lowest BCUT2D eigenvalue weighted by molar-refractivity contribution is -0.00524. The third kappa shape index (κ3) is 2.78. The predicted octanol–water partition coefficient (Wildman–Crippen LogP) is 0.852. The maximum absolute atomic E-state index is 10.8. The Morgan fingerprint density at radius 2 is 2.07 bits per heavy atom. The maximum atomic E-state index is 10.8. The first kappa shape index (κ1) is 13.1. The van der Waals surface area contributed by atoms with Gasteiger partial charge in [0.1, 0.15) is 0 Å². The molecule has 7 heteroatoms. The normalized spacial score (nSPS) is 20.9. The Morgan fingerprint density at radius 3 is 2.50 bits per heavy atom. The van der Waals surface area contributed by atoms with Gasteiger partial charge in [-0.05, 0) is 13.0 Å². The van der Waals surface area contributed by atoms with E-state index < -0.39 is 15.4 Å². The van der Waals surface area contributed by atoms with Crippen LogP contribution in [0.15, 0.2) is 23.8 Å². The van der Waals surface area contributed by atoms with Gasteiger partial charge in [-0.1, -0.05) is 11.6 Å². The van der Waals surface area contributed by atoms with Crippen molar-refractivity contribution in [3.8, 4) is 0 Å². The summed E-state index contributed by atoms with van der Waals surface area (Å²) in [6.45, 7) is 1.68. The molecule has 1 aliphatic carbocycles. The van der Waals surface area contributed by atoms with Crippen molar-refractivity contribution in [3.05, 3.63) is 29.3 Å². The van der Waals surface area contributed by atoms with Gasteiger partial charge < -0.3 is 5.53 Å². The van der Waals surface area contributed by atoms with Crippen molar-refractivity contribution in [2.24, 2.45) is 0 Å². The monoisotopic (exact) mass is 236 g/mol. The van der Waals surface area contributed by atoms with Gasteiger partial charge >= 0.3 is 5.71 Å². The van der Waals surface area contributed by atoms with Crippen molar-refractivity contribution in [1.82, 2.24) is 0 Å². The summed E-state index contributed by atoms with van der Waals surface area (Å²) in [5.41, 5.74) is 9.04. The van der Waals surface area contributed by atoms with Gasteiger partial charge in [-0.25, -0.2) is 0 Å². The lowest BCUT2D eigenvalue weighted by atomic mass is 10.1. The minimum Gasteiger partial charge on any atom is -0.361 e. The zero-order valence-corrected chi connectivity index (χ0v) is 8.92. The van der Waals surface area contributed by atoms with E-state index in [0.29, 0.717) is 5.57 Å². The number of rotatable bonds is 1. The molecule has 0 saturated heterocycles. The van der Waals surface area contributed by atoms with Crippen LogP contribution in [-0.4, -0.2) is 28.7 Å². The molecule has 1 unspecified atom stereocenters. The highest BCUT2D eigenvalue weighted by Gasteiger charge is 2.33. The van der Waals surface area contributed by atoms with E-state index in [1.165, 1.54) is 12.2 Å². The highest BCUT2D eigenvalue weighted by molar-refractivity contribution is 7.87. The van der Waals surface area contributed by atoms with E-state index in [9.17, 15) is 8.42 Å². The summed E-state index contributed by atoms with van der Waals surface area (Å²) in [5.74, 6) is 0. The highest BCUT2D eigenvalue weighted by atomic mass is 35.5. The van der Waals surface area contributed by atoms with Crippen molar-refractivity contribution in [2.75, 3.05) is 0 Å². The van der Waals surface area contributed by atoms with Crippen molar-refractivity contribution in [1.29, 1.82) is 0 Å². The zero-order valence-electron chi connectivity index (χ0n) is 7.28. The fourth-order valence-electron chi connectivity index (χ4n) is 1.02. The molecule has 14 heavy (non-hydrogen) atoms. The molecule has 0 bridgehead atoms. The SMILES string of the molecule is CC1=CC(S(=O)(=O)O)C(=[N+]=[N-])C=C1.Cl. The van der Waals surface area contributed by atoms with E-state index >= 15 is 0 Å². The second kappa shape index (κ2) is 4.52. The summed E-state index contributed by atoms with van der Waals surface area (Å²) in [5, 5.41) is -1.26. The molecular weight excluding hydrogens is 228 g/mol. The first-order valence-corrected chi connectivity index (χ1v) is 5.00. The third-order valence-electron chi connectivity index (χ3n) is 1.66. The standard InChI is InChI=1S/C7H8N2O3S.ClH/c1-5-2-3-6(9-8)7(4-5)13(10,11)12;/h2-4,7H,1H3,(H,10,11,12);1H. The molecule has 0 aromatic carbocycles. The summed E-state index contributed by atoms with van der Waals surface area (Å²) in [6.07, 6.45) is 4.24. The van der Waals surface area contributed by atoms with Gasteiger partial charge in [0, 0.05) is 6.08 Å². The molecular formula is C7H9ClN2O3S. The minimum absolute atomic E-state index is 0. The second-order valence-electron chi connectivity index (χ2n) is 2.70. The van der Waals surface area contributed by atoms with E-state index in [-0.39, 0.29) is 18.1 Å².